The summed E-state index contributed by atoms with van der Waals surface area (Å²) in [6.45, 7) is 6.31. The van der Waals surface area contributed by atoms with Crippen LogP contribution in [0.2, 0.25) is 0 Å². The Bertz CT molecular complexity index is 845. The third kappa shape index (κ3) is 6.51. The van der Waals surface area contributed by atoms with Gasteiger partial charge in [0, 0.05) is 23.8 Å². The Labute approximate surface area is 170 Å². The molecule has 0 saturated carbocycles. The molecule has 1 saturated heterocycles. The van der Waals surface area contributed by atoms with Gasteiger partial charge in [0.25, 0.3) is 0 Å². The molecule has 1 aliphatic heterocycles. The van der Waals surface area contributed by atoms with E-state index in [0.29, 0.717) is 29.2 Å². The zero-order chi connectivity index (χ0) is 20.9. The second-order valence-corrected chi connectivity index (χ2v) is 8.06. The molecule has 1 unspecified atom stereocenters. The maximum Gasteiger partial charge on any atom is 0.314 e. The normalized spacial score (nSPS) is 17.1. The number of hydrogen-bond acceptors (Lipinski definition) is 7. The minimum atomic E-state index is -0.625. The number of ether oxygens (including phenoxy) is 3. The van der Waals surface area contributed by atoms with Gasteiger partial charge >= 0.3 is 5.97 Å². The fraction of sp³-hybridized carbons (Fsp3) is 0.500. The summed E-state index contributed by atoms with van der Waals surface area (Å²) < 4.78 is 21.9. The number of hydrogen-bond donors (Lipinski definition) is 0. The monoisotopic (exact) mass is 401 g/mol. The van der Waals surface area contributed by atoms with Crippen molar-refractivity contribution in [3.8, 4) is 11.3 Å². The molecule has 2 heterocycles. The van der Waals surface area contributed by atoms with Gasteiger partial charge in [0.2, 0.25) is 0 Å². The number of benzene rings is 1. The first kappa shape index (κ1) is 21.2. The fourth-order valence-corrected chi connectivity index (χ4v) is 2.99. The molecule has 0 spiro atoms. The molecule has 7 nitrogen and oxygen atoms in total. The van der Waals surface area contributed by atoms with Crippen molar-refractivity contribution in [2.75, 3.05) is 6.61 Å². The molecule has 0 N–H and O–H groups in total. The number of nitrogens with zero attached hydrogens (tertiary/aromatic N) is 1. The molecule has 1 aromatic heterocycles. The van der Waals surface area contributed by atoms with Crippen molar-refractivity contribution in [2.24, 2.45) is 0 Å². The Morgan fingerprint density at radius 2 is 2.03 bits per heavy atom. The molecule has 7 heteroatoms. The first-order valence-corrected chi connectivity index (χ1v) is 9.84. The SMILES string of the molecule is CC(C)(C)OC(=O)CC(=O)c1cccc(-c2cc(COC3CCCCO3)no2)c1. The summed E-state index contributed by atoms with van der Waals surface area (Å²) in [4.78, 5) is 24.3. The average molecular weight is 401 g/mol. The van der Waals surface area contributed by atoms with Crippen LogP contribution >= 0.6 is 0 Å². The molecular formula is C22H27NO6. The van der Waals surface area contributed by atoms with Crippen molar-refractivity contribution >= 4 is 11.8 Å². The predicted octanol–water partition coefficient (Wildman–Crippen LogP) is 4.30. The zero-order valence-electron chi connectivity index (χ0n) is 17.1. The quantitative estimate of drug-likeness (QED) is 0.388. The van der Waals surface area contributed by atoms with Gasteiger partial charge in [-0.1, -0.05) is 23.4 Å². The largest absolute Gasteiger partial charge is 0.460 e. The first-order valence-electron chi connectivity index (χ1n) is 9.84. The van der Waals surface area contributed by atoms with Crippen LogP contribution in [0, 0.1) is 0 Å². The van der Waals surface area contributed by atoms with Gasteiger partial charge in [-0.3, -0.25) is 9.59 Å². The molecule has 1 fully saturated rings. The van der Waals surface area contributed by atoms with Gasteiger partial charge in [-0.05, 0) is 46.1 Å². The standard InChI is InChI=1S/C22H27NO6/c1-22(2,3)28-20(25)13-18(24)15-7-6-8-16(11-15)19-12-17(23-29-19)14-27-21-9-4-5-10-26-21/h6-8,11-12,21H,4-5,9-10,13-14H2,1-3H3. The van der Waals surface area contributed by atoms with Crippen molar-refractivity contribution < 1.29 is 28.3 Å². The van der Waals surface area contributed by atoms with E-state index in [0.717, 1.165) is 25.9 Å². The van der Waals surface area contributed by atoms with E-state index >= 15 is 0 Å². The summed E-state index contributed by atoms with van der Waals surface area (Å²) >= 11 is 0. The van der Waals surface area contributed by atoms with E-state index in [2.05, 4.69) is 5.16 Å². The third-order valence-electron chi connectivity index (χ3n) is 4.31. The molecule has 2 aromatic rings. The topological polar surface area (TPSA) is 87.9 Å². The van der Waals surface area contributed by atoms with Crippen LogP contribution < -0.4 is 0 Å². The van der Waals surface area contributed by atoms with Crippen LogP contribution in [0.3, 0.4) is 0 Å². The Kier molecular flexibility index (Phi) is 6.82. The van der Waals surface area contributed by atoms with Crippen LogP contribution in [0.4, 0.5) is 0 Å². The van der Waals surface area contributed by atoms with Gasteiger partial charge in [-0.15, -0.1) is 0 Å². The lowest BCUT2D eigenvalue weighted by molar-refractivity contribution is -0.169. The second kappa shape index (κ2) is 9.33. The highest BCUT2D eigenvalue weighted by Crippen LogP contribution is 2.23. The smallest absolute Gasteiger partial charge is 0.314 e. The Hall–Kier alpha value is -2.51. The van der Waals surface area contributed by atoms with Crippen molar-refractivity contribution in [3.63, 3.8) is 0 Å². The van der Waals surface area contributed by atoms with Gasteiger partial charge in [-0.25, -0.2) is 0 Å². The maximum atomic E-state index is 12.4. The van der Waals surface area contributed by atoms with Gasteiger partial charge in [0.05, 0.1) is 6.61 Å². The van der Waals surface area contributed by atoms with Gasteiger partial charge in [-0.2, -0.15) is 0 Å². The van der Waals surface area contributed by atoms with Crippen molar-refractivity contribution in [3.05, 3.63) is 41.6 Å². The van der Waals surface area contributed by atoms with Crippen molar-refractivity contribution in [1.82, 2.24) is 5.16 Å². The van der Waals surface area contributed by atoms with E-state index in [1.54, 1.807) is 45.0 Å². The van der Waals surface area contributed by atoms with Crippen molar-refractivity contribution in [1.29, 1.82) is 0 Å². The molecule has 0 aliphatic carbocycles. The number of esters is 1. The minimum absolute atomic E-state index is 0.197. The Morgan fingerprint density at radius 1 is 1.21 bits per heavy atom. The van der Waals surface area contributed by atoms with Crippen LogP contribution in [-0.2, 0) is 25.6 Å². The molecule has 29 heavy (non-hydrogen) atoms. The summed E-state index contributed by atoms with van der Waals surface area (Å²) in [5.41, 5.74) is 1.14. The molecule has 1 atom stereocenters. The number of carbonyl (C=O) groups is 2. The Balaban J connectivity index is 1.61. The minimum Gasteiger partial charge on any atom is -0.460 e. The lowest BCUT2D eigenvalue weighted by Crippen LogP contribution is -2.25. The highest BCUT2D eigenvalue weighted by molar-refractivity contribution is 6.06. The summed E-state index contributed by atoms with van der Waals surface area (Å²) in [6.07, 6.45) is 2.54. The third-order valence-corrected chi connectivity index (χ3v) is 4.31. The molecule has 156 valence electrons. The van der Waals surface area contributed by atoms with Crippen LogP contribution in [0.5, 0.6) is 0 Å². The maximum absolute atomic E-state index is 12.4. The summed E-state index contributed by atoms with van der Waals surface area (Å²) in [7, 11) is 0. The van der Waals surface area contributed by atoms with Crippen LogP contribution in [-0.4, -0.2) is 35.4 Å². The van der Waals surface area contributed by atoms with E-state index < -0.39 is 11.6 Å². The number of ketones is 1. The first-order chi connectivity index (χ1) is 13.8. The number of Topliss-reactive ketones (excluding diaryl/α,β-unsaturated/α-hetero) is 1. The summed E-state index contributed by atoms with van der Waals surface area (Å²) in [5, 5.41) is 4.03. The lowest BCUT2D eigenvalue weighted by atomic mass is 10.0. The molecule has 0 bridgehead atoms. The fourth-order valence-electron chi connectivity index (χ4n) is 2.99. The van der Waals surface area contributed by atoms with Gasteiger partial charge in [0.15, 0.2) is 17.8 Å². The molecule has 0 radical (unpaired) electrons. The number of aromatic nitrogens is 1. The van der Waals surface area contributed by atoms with E-state index in [1.807, 2.05) is 6.07 Å². The molecule has 3 rings (SSSR count). The highest BCUT2D eigenvalue weighted by Gasteiger charge is 2.20. The second-order valence-electron chi connectivity index (χ2n) is 8.06. The van der Waals surface area contributed by atoms with E-state index in [4.69, 9.17) is 18.7 Å². The molecular weight excluding hydrogens is 374 g/mol. The van der Waals surface area contributed by atoms with Gasteiger partial charge in [0.1, 0.15) is 17.7 Å². The van der Waals surface area contributed by atoms with Crippen LogP contribution in [0.1, 0.15) is 62.5 Å². The molecule has 1 aliphatic rings. The molecule has 1 aromatic carbocycles. The average Bonchev–Trinajstić information content (AvgIpc) is 3.15. The summed E-state index contributed by atoms with van der Waals surface area (Å²) in [6, 6.07) is 8.69. The van der Waals surface area contributed by atoms with Crippen LogP contribution in [0.25, 0.3) is 11.3 Å². The lowest BCUT2D eigenvalue weighted by Gasteiger charge is -2.21. The Morgan fingerprint density at radius 3 is 2.76 bits per heavy atom. The predicted molar refractivity (Wildman–Crippen MR) is 105 cm³/mol. The van der Waals surface area contributed by atoms with Crippen molar-refractivity contribution in [2.45, 2.75) is 65.0 Å². The molecule has 0 amide bonds. The summed E-state index contributed by atoms with van der Waals surface area (Å²) in [5.74, 6) is -0.323. The van der Waals surface area contributed by atoms with Crippen LogP contribution in [0.15, 0.2) is 34.9 Å². The zero-order valence-corrected chi connectivity index (χ0v) is 17.1. The van der Waals surface area contributed by atoms with E-state index in [1.165, 1.54) is 0 Å². The van der Waals surface area contributed by atoms with E-state index in [-0.39, 0.29) is 18.5 Å². The number of rotatable bonds is 7. The van der Waals surface area contributed by atoms with Gasteiger partial charge < -0.3 is 18.7 Å². The number of carbonyl (C=O) groups excluding carboxylic acids is 2. The highest BCUT2D eigenvalue weighted by atomic mass is 16.7. The van der Waals surface area contributed by atoms with E-state index in [9.17, 15) is 9.59 Å².